The van der Waals surface area contributed by atoms with E-state index in [0.29, 0.717) is 6.10 Å². The third-order valence-electron chi connectivity index (χ3n) is 3.70. The summed E-state index contributed by atoms with van der Waals surface area (Å²) >= 11 is 0. The number of rotatable bonds is 8. The van der Waals surface area contributed by atoms with Crippen molar-refractivity contribution in [1.29, 1.82) is 0 Å². The van der Waals surface area contributed by atoms with Crippen LogP contribution < -0.4 is 10.6 Å². The van der Waals surface area contributed by atoms with Crippen LogP contribution in [0.5, 0.6) is 0 Å². The van der Waals surface area contributed by atoms with Crippen molar-refractivity contribution in [3.05, 3.63) is 0 Å². The van der Waals surface area contributed by atoms with Gasteiger partial charge in [0.15, 0.2) is 0 Å². The molecule has 2 rings (SSSR count). The molecular formula is C13H26N2O. The predicted molar refractivity (Wildman–Crippen MR) is 66.6 cm³/mol. The normalized spacial score (nSPS) is 29.8. The van der Waals surface area contributed by atoms with Gasteiger partial charge in [-0.15, -0.1) is 0 Å². The van der Waals surface area contributed by atoms with Crippen LogP contribution in [0.2, 0.25) is 0 Å². The molecular weight excluding hydrogens is 200 g/mol. The van der Waals surface area contributed by atoms with Crippen molar-refractivity contribution >= 4 is 0 Å². The minimum absolute atomic E-state index is 0.511. The Morgan fingerprint density at radius 3 is 2.81 bits per heavy atom. The second-order valence-corrected chi connectivity index (χ2v) is 5.15. The lowest BCUT2D eigenvalue weighted by Crippen LogP contribution is -2.30. The number of hydrogen-bond acceptors (Lipinski definition) is 3. The maximum absolute atomic E-state index is 5.68. The van der Waals surface area contributed by atoms with E-state index in [2.05, 4.69) is 17.6 Å². The van der Waals surface area contributed by atoms with E-state index >= 15 is 0 Å². The molecule has 0 aromatic rings. The van der Waals surface area contributed by atoms with E-state index in [1.807, 2.05) is 0 Å². The lowest BCUT2D eigenvalue weighted by molar-refractivity contribution is 0.0873. The molecule has 1 saturated heterocycles. The summed E-state index contributed by atoms with van der Waals surface area (Å²) in [6.45, 7) is 6.65. The highest BCUT2D eigenvalue weighted by atomic mass is 16.5. The molecule has 3 heteroatoms. The molecule has 3 nitrogen and oxygen atoms in total. The molecule has 2 atom stereocenters. The maximum atomic E-state index is 5.68. The fraction of sp³-hybridized carbons (Fsp3) is 1.00. The molecule has 2 N–H and O–H groups in total. The van der Waals surface area contributed by atoms with Crippen molar-refractivity contribution in [3.63, 3.8) is 0 Å². The summed E-state index contributed by atoms with van der Waals surface area (Å²) in [5, 5.41) is 7.11. The minimum atomic E-state index is 0.511. The van der Waals surface area contributed by atoms with Gasteiger partial charge in [-0.2, -0.15) is 0 Å². The first-order valence-electron chi connectivity index (χ1n) is 6.96. The van der Waals surface area contributed by atoms with Gasteiger partial charge in [-0.25, -0.2) is 0 Å². The van der Waals surface area contributed by atoms with Gasteiger partial charge in [0.1, 0.15) is 0 Å². The van der Waals surface area contributed by atoms with Gasteiger partial charge in [0, 0.05) is 19.2 Å². The third kappa shape index (κ3) is 4.04. The van der Waals surface area contributed by atoms with Crippen LogP contribution in [0.1, 0.15) is 39.0 Å². The molecule has 0 aromatic carbocycles. The van der Waals surface area contributed by atoms with Crippen molar-refractivity contribution in [2.24, 2.45) is 5.92 Å². The predicted octanol–water partition coefficient (Wildman–Crippen LogP) is 1.53. The Morgan fingerprint density at radius 2 is 2.06 bits per heavy atom. The van der Waals surface area contributed by atoms with Crippen LogP contribution in [0.15, 0.2) is 0 Å². The molecule has 0 bridgehead atoms. The van der Waals surface area contributed by atoms with Crippen molar-refractivity contribution < 1.29 is 4.74 Å². The summed E-state index contributed by atoms with van der Waals surface area (Å²) in [5.41, 5.74) is 0. The van der Waals surface area contributed by atoms with Crippen molar-refractivity contribution in [2.75, 3.05) is 26.2 Å². The summed E-state index contributed by atoms with van der Waals surface area (Å²) < 4.78 is 5.68. The van der Waals surface area contributed by atoms with E-state index in [0.717, 1.165) is 38.1 Å². The van der Waals surface area contributed by atoms with Gasteiger partial charge >= 0.3 is 0 Å². The Hall–Kier alpha value is -0.120. The highest BCUT2D eigenvalue weighted by Gasteiger charge is 2.25. The molecule has 0 radical (unpaired) electrons. The Bertz CT molecular complexity index is 194. The first kappa shape index (κ1) is 12.3. The summed E-state index contributed by atoms with van der Waals surface area (Å²) in [7, 11) is 0. The van der Waals surface area contributed by atoms with E-state index in [9.17, 15) is 0 Å². The molecule has 0 spiro atoms. The fourth-order valence-electron chi connectivity index (χ4n) is 2.47. The van der Waals surface area contributed by atoms with Crippen LogP contribution in [0.4, 0.5) is 0 Å². The molecule has 1 heterocycles. The zero-order valence-corrected chi connectivity index (χ0v) is 10.5. The lowest BCUT2D eigenvalue weighted by atomic mass is 10.00. The Labute approximate surface area is 99.3 Å². The summed E-state index contributed by atoms with van der Waals surface area (Å²) in [5.74, 6) is 0.751. The molecule has 2 aliphatic rings. The third-order valence-corrected chi connectivity index (χ3v) is 3.70. The van der Waals surface area contributed by atoms with Crippen molar-refractivity contribution in [1.82, 2.24) is 10.6 Å². The van der Waals surface area contributed by atoms with Crippen LogP contribution in [-0.2, 0) is 4.74 Å². The molecule has 1 saturated carbocycles. The average molecular weight is 226 g/mol. The molecule has 1 aliphatic heterocycles. The fourth-order valence-corrected chi connectivity index (χ4v) is 2.47. The molecule has 94 valence electrons. The zero-order chi connectivity index (χ0) is 11.2. The molecule has 0 amide bonds. The highest BCUT2D eigenvalue weighted by molar-refractivity contribution is 4.80. The standard InChI is InChI=1S/C13H26N2O/c1-2-13-11(6-9-16-13)10-14-7-3-8-15-12-4-5-12/h11-15H,2-10H2,1H3. The van der Waals surface area contributed by atoms with Crippen LogP contribution in [0.3, 0.4) is 0 Å². The van der Waals surface area contributed by atoms with Crippen LogP contribution in [0.25, 0.3) is 0 Å². The lowest BCUT2D eigenvalue weighted by Gasteiger charge is -2.17. The van der Waals surface area contributed by atoms with Gasteiger partial charge in [-0.1, -0.05) is 6.92 Å². The second kappa shape index (κ2) is 6.58. The zero-order valence-electron chi connectivity index (χ0n) is 10.5. The van der Waals surface area contributed by atoms with Gasteiger partial charge in [-0.05, 0) is 51.1 Å². The second-order valence-electron chi connectivity index (χ2n) is 5.15. The summed E-state index contributed by atoms with van der Waals surface area (Å²) in [6, 6.07) is 0.854. The van der Waals surface area contributed by atoms with E-state index < -0.39 is 0 Å². The highest BCUT2D eigenvalue weighted by Crippen LogP contribution is 2.22. The number of nitrogens with one attached hydrogen (secondary N) is 2. The molecule has 1 aliphatic carbocycles. The first-order chi connectivity index (χ1) is 7.90. The van der Waals surface area contributed by atoms with E-state index in [1.54, 1.807) is 0 Å². The van der Waals surface area contributed by atoms with Gasteiger partial charge < -0.3 is 15.4 Å². The Kier molecular flexibility index (Phi) is 5.07. The van der Waals surface area contributed by atoms with Crippen LogP contribution in [-0.4, -0.2) is 38.4 Å². The topological polar surface area (TPSA) is 33.3 Å². The van der Waals surface area contributed by atoms with E-state index in [-0.39, 0.29) is 0 Å². The largest absolute Gasteiger partial charge is 0.378 e. The van der Waals surface area contributed by atoms with E-state index in [4.69, 9.17) is 4.74 Å². The molecule has 2 fully saturated rings. The van der Waals surface area contributed by atoms with E-state index in [1.165, 1.54) is 32.2 Å². The Balaban J connectivity index is 1.44. The van der Waals surface area contributed by atoms with Crippen molar-refractivity contribution in [3.8, 4) is 0 Å². The smallest absolute Gasteiger partial charge is 0.0613 e. The van der Waals surface area contributed by atoms with Gasteiger partial charge in [0.2, 0.25) is 0 Å². The van der Waals surface area contributed by atoms with Crippen LogP contribution >= 0.6 is 0 Å². The van der Waals surface area contributed by atoms with Gasteiger partial charge in [0.05, 0.1) is 6.10 Å². The monoisotopic (exact) mass is 226 g/mol. The molecule has 0 aromatic heterocycles. The van der Waals surface area contributed by atoms with Gasteiger partial charge in [-0.3, -0.25) is 0 Å². The quantitative estimate of drug-likeness (QED) is 0.616. The van der Waals surface area contributed by atoms with Crippen LogP contribution in [0, 0.1) is 5.92 Å². The number of hydrogen-bond donors (Lipinski definition) is 2. The maximum Gasteiger partial charge on any atom is 0.0613 e. The summed E-state index contributed by atoms with van der Waals surface area (Å²) in [6.07, 6.45) is 6.95. The number of ether oxygens (including phenoxy) is 1. The van der Waals surface area contributed by atoms with Crippen molar-refractivity contribution in [2.45, 2.75) is 51.2 Å². The minimum Gasteiger partial charge on any atom is -0.378 e. The summed E-state index contributed by atoms with van der Waals surface area (Å²) in [4.78, 5) is 0. The van der Waals surface area contributed by atoms with Gasteiger partial charge in [0.25, 0.3) is 0 Å². The SMILES string of the molecule is CCC1OCCC1CNCCCNC1CC1. The molecule has 16 heavy (non-hydrogen) atoms. The Morgan fingerprint density at radius 1 is 1.19 bits per heavy atom. The molecule has 2 unspecified atom stereocenters. The average Bonchev–Trinajstić information content (AvgIpc) is 3.01. The first-order valence-corrected chi connectivity index (χ1v) is 6.96.